The van der Waals surface area contributed by atoms with Gasteiger partial charge in [0.15, 0.2) is 0 Å². The molecule has 1 aliphatic heterocycles. The summed E-state index contributed by atoms with van der Waals surface area (Å²) in [6, 6.07) is -0.159. The smallest absolute Gasteiger partial charge is 0.315 e. The summed E-state index contributed by atoms with van der Waals surface area (Å²) in [6.45, 7) is 2.87. The van der Waals surface area contributed by atoms with Crippen LogP contribution in [-0.2, 0) is 4.79 Å². The number of hydrogen-bond acceptors (Lipinski definition) is 3. The molecule has 0 aromatic heterocycles. The Bertz CT molecular complexity index is 375. The summed E-state index contributed by atoms with van der Waals surface area (Å²) in [5, 5.41) is 14.9. The molecule has 2 amide bonds. The molecule has 1 aliphatic carbocycles. The van der Waals surface area contributed by atoms with Crippen molar-refractivity contribution >= 4 is 12.0 Å². The molecule has 0 radical (unpaired) electrons. The van der Waals surface area contributed by atoms with E-state index in [-0.39, 0.29) is 18.0 Å². The zero-order valence-corrected chi connectivity index (χ0v) is 12.8. The van der Waals surface area contributed by atoms with Crippen LogP contribution in [0.1, 0.15) is 38.5 Å². The Labute approximate surface area is 126 Å². The van der Waals surface area contributed by atoms with Gasteiger partial charge in [0, 0.05) is 19.1 Å². The highest BCUT2D eigenvalue weighted by Gasteiger charge is 2.28. The number of carbonyl (C=O) groups is 2. The lowest BCUT2D eigenvalue weighted by Gasteiger charge is -2.30. The first kappa shape index (κ1) is 16.1. The fourth-order valence-electron chi connectivity index (χ4n) is 3.46. The molecular formula is C15H27N3O3. The second-order valence-corrected chi connectivity index (χ2v) is 6.52. The topological polar surface area (TPSA) is 81.7 Å². The van der Waals surface area contributed by atoms with Gasteiger partial charge in [0.2, 0.25) is 0 Å². The van der Waals surface area contributed by atoms with Crippen LogP contribution in [0.25, 0.3) is 0 Å². The number of amides is 2. The van der Waals surface area contributed by atoms with Gasteiger partial charge in [-0.25, -0.2) is 4.79 Å². The Morgan fingerprint density at radius 1 is 1.24 bits per heavy atom. The van der Waals surface area contributed by atoms with Gasteiger partial charge in [-0.1, -0.05) is 6.42 Å². The van der Waals surface area contributed by atoms with Crippen molar-refractivity contribution in [3.63, 3.8) is 0 Å². The van der Waals surface area contributed by atoms with Gasteiger partial charge in [0.05, 0.1) is 5.92 Å². The highest BCUT2D eigenvalue weighted by atomic mass is 16.4. The van der Waals surface area contributed by atoms with Crippen molar-refractivity contribution in [3.8, 4) is 0 Å². The number of hydrogen-bond donors (Lipinski definition) is 3. The maximum atomic E-state index is 11.9. The van der Waals surface area contributed by atoms with E-state index in [1.54, 1.807) is 0 Å². The number of nitrogens with zero attached hydrogens (tertiary/aromatic N) is 1. The van der Waals surface area contributed by atoms with E-state index < -0.39 is 5.97 Å². The first-order valence-electron chi connectivity index (χ1n) is 8.00. The summed E-state index contributed by atoms with van der Waals surface area (Å²) in [5.41, 5.74) is 0. The standard InChI is InChI=1S/C15H27N3O3/c1-18-7-3-4-11(10-18)9-16-15(21)17-13-6-2-5-12(8-13)14(19)20/h11-13H,2-10H2,1H3,(H,19,20)(H2,16,17,21). The van der Waals surface area contributed by atoms with Crippen LogP contribution < -0.4 is 10.6 Å². The molecule has 3 unspecified atom stereocenters. The van der Waals surface area contributed by atoms with E-state index in [1.807, 2.05) is 0 Å². The highest BCUT2D eigenvalue weighted by molar-refractivity contribution is 5.74. The number of aliphatic carboxylic acids is 1. The Morgan fingerprint density at radius 3 is 2.76 bits per heavy atom. The average molecular weight is 297 g/mol. The molecule has 0 bridgehead atoms. The van der Waals surface area contributed by atoms with Crippen LogP contribution in [0, 0.1) is 11.8 Å². The van der Waals surface area contributed by atoms with Crippen LogP contribution in [0.4, 0.5) is 4.79 Å². The van der Waals surface area contributed by atoms with E-state index in [9.17, 15) is 9.59 Å². The van der Waals surface area contributed by atoms with Crippen molar-refractivity contribution in [1.82, 2.24) is 15.5 Å². The van der Waals surface area contributed by atoms with E-state index in [4.69, 9.17) is 5.11 Å². The normalized spacial score (nSPS) is 30.6. The number of rotatable bonds is 4. The third-order valence-corrected chi connectivity index (χ3v) is 4.63. The Morgan fingerprint density at radius 2 is 2.05 bits per heavy atom. The summed E-state index contributed by atoms with van der Waals surface area (Å²) in [6.07, 6.45) is 5.37. The minimum Gasteiger partial charge on any atom is -0.481 e. The second-order valence-electron chi connectivity index (χ2n) is 6.52. The number of nitrogens with one attached hydrogen (secondary N) is 2. The molecule has 2 aliphatic rings. The van der Waals surface area contributed by atoms with Gasteiger partial charge in [-0.3, -0.25) is 4.79 Å². The van der Waals surface area contributed by atoms with Gasteiger partial charge < -0.3 is 20.6 Å². The summed E-state index contributed by atoms with van der Waals surface area (Å²) in [7, 11) is 2.11. The number of urea groups is 1. The van der Waals surface area contributed by atoms with Crippen molar-refractivity contribution in [2.45, 2.75) is 44.6 Å². The van der Waals surface area contributed by atoms with Gasteiger partial charge in [-0.05, 0) is 51.6 Å². The van der Waals surface area contributed by atoms with Crippen LogP contribution in [0.3, 0.4) is 0 Å². The molecule has 2 rings (SSSR count). The minimum atomic E-state index is -0.743. The second kappa shape index (κ2) is 7.64. The molecule has 2 fully saturated rings. The fourth-order valence-corrected chi connectivity index (χ4v) is 3.46. The summed E-state index contributed by atoms with van der Waals surface area (Å²) >= 11 is 0. The fraction of sp³-hybridized carbons (Fsp3) is 0.867. The number of carboxylic acids is 1. The van der Waals surface area contributed by atoms with E-state index in [0.717, 1.165) is 38.8 Å². The lowest BCUT2D eigenvalue weighted by Crippen LogP contribution is -2.47. The zero-order chi connectivity index (χ0) is 15.2. The maximum absolute atomic E-state index is 11.9. The van der Waals surface area contributed by atoms with Gasteiger partial charge in [0.25, 0.3) is 0 Å². The van der Waals surface area contributed by atoms with Gasteiger partial charge in [-0.15, -0.1) is 0 Å². The number of carbonyl (C=O) groups excluding carboxylic acids is 1. The lowest BCUT2D eigenvalue weighted by molar-refractivity contribution is -0.143. The number of piperidine rings is 1. The minimum absolute atomic E-state index is 0.00567. The zero-order valence-electron chi connectivity index (χ0n) is 12.8. The van der Waals surface area contributed by atoms with Gasteiger partial charge in [-0.2, -0.15) is 0 Å². The van der Waals surface area contributed by atoms with Crippen LogP contribution >= 0.6 is 0 Å². The van der Waals surface area contributed by atoms with E-state index in [0.29, 0.717) is 18.9 Å². The van der Waals surface area contributed by atoms with Crippen LogP contribution in [0.15, 0.2) is 0 Å². The first-order valence-corrected chi connectivity index (χ1v) is 8.00. The molecule has 0 aromatic rings. The predicted molar refractivity (Wildman–Crippen MR) is 80.1 cm³/mol. The van der Waals surface area contributed by atoms with E-state index >= 15 is 0 Å². The molecule has 1 heterocycles. The van der Waals surface area contributed by atoms with Crippen LogP contribution in [0.2, 0.25) is 0 Å². The van der Waals surface area contributed by atoms with Crippen LogP contribution in [0.5, 0.6) is 0 Å². The quantitative estimate of drug-likeness (QED) is 0.730. The maximum Gasteiger partial charge on any atom is 0.315 e. The molecule has 3 N–H and O–H groups in total. The summed E-state index contributed by atoms with van der Waals surface area (Å²) in [5.74, 6) is -0.532. The molecule has 6 heteroatoms. The van der Waals surface area contributed by atoms with E-state index in [2.05, 4.69) is 22.6 Å². The van der Waals surface area contributed by atoms with Crippen molar-refractivity contribution < 1.29 is 14.7 Å². The monoisotopic (exact) mass is 297 g/mol. The van der Waals surface area contributed by atoms with E-state index in [1.165, 1.54) is 6.42 Å². The first-order chi connectivity index (χ1) is 10.0. The molecular weight excluding hydrogens is 270 g/mol. The average Bonchev–Trinajstić information content (AvgIpc) is 2.45. The summed E-state index contributed by atoms with van der Waals surface area (Å²) in [4.78, 5) is 25.2. The SMILES string of the molecule is CN1CCCC(CNC(=O)NC2CCCC(C(=O)O)C2)C1. The van der Waals surface area contributed by atoms with Crippen molar-refractivity contribution in [1.29, 1.82) is 0 Å². The molecule has 120 valence electrons. The molecule has 1 saturated heterocycles. The number of likely N-dealkylation sites (tertiary alicyclic amines) is 1. The predicted octanol–water partition coefficient (Wildman–Crippen LogP) is 1.27. The Kier molecular flexibility index (Phi) is 5.85. The number of carboxylic acid groups (broad SMARTS) is 1. The Hall–Kier alpha value is -1.30. The Balaban J connectivity index is 1.68. The third-order valence-electron chi connectivity index (χ3n) is 4.63. The lowest BCUT2D eigenvalue weighted by atomic mass is 9.86. The molecule has 21 heavy (non-hydrogen) atoms. The van der Waals surface area contributed by atoms with Crippen LogP contribution in [-0.4, -0.2) is 54.7 Å². The summed E-state index contributed by atoms with van der Waals surface area (Å²) < 4.78 is 0. The molecule has 3 atom stereocenters. The molecule has 0 aromatic carbocycles. The van der Waals surface area contributed by atoms with Crippen molar-refractivity contribution in [3.05, 3.63) is 0 Å². The van der Waals surface area contributed by atoms with Crippen molar-refractivity contribution in [2.75, 3.05) is 26.7 Å². The highest BCUT2D eigenvalue weighted by Crippen LogP contribution is 2.24. The molecule has 1 saturated carbocycles. The van der Waals surface area contributed by atoms with Gasteiger partial charge >= 0.3 is 12.0 Å². The third kappa shape index (κ3) is 5.19. The molecule has 6 nitrogen and oxygen atoms in total. The van der Waals surface area contributed by atoms with Crippen molar-refractivity contribution in [2.24, 2.45) is 11.8 Å². The molecule has 0 spiro atoms. The van der Waals surface area contributed by atoms with Gasteiger partial charge in [0.1, 0.15) is 0 Å². The largest absolute Gasteiger partial charge is 0.481 e.